The molecular formula is C6H11N3O. The number of oxazole rings is 1. The van der Waals surface area contributed by atoms with E-state index in [0.717, 1.165) is 18.8 Å². The fourth-order valence-electron chi connectivity index (χ4n) is 0.657. The van der Waals surface area contributed by atoms with Crippen LogP contribution in [0, 0.1) is 0 Å². The molecule has 0 bridgehead atoms. The van der Waals surface area contributed by atoms with E-state index in [1.807, 2.05) is 6.92 Å². The average Bonchev–Trinajstić information content (AvgIpc) is 2.31. The molecule has 56 valence electrons. The third kappa shape index (κ3) is 1.73. The van der Waals surface area contributed by atoms with Crippen LogP contribution < -0.4 is 11.1 Å². The molecule has 0 atom stereocenters. The number of hydrogen-bond donors (Lipinski definition) is 2. The summed E-state index contributed by atoms with van der Waals surface area (Å²) in [5, 5.41) is 3.10. The minimum Gasteiger partial charge on any atom is -0.432 e. The fourth-order valence-corrected chi connectivity index (χ4v) is 0.657. The first-order valence-corrected chi connectivity index (χ1v) is 3.23. The predicted octanol–water partition coefficient (Wildman–Crippen LogP) is 0.366. The summed E-state index contributed by atoms with van der Waals surface area (Å²) in [6, 6.07) is 0.230. The molecule has 0 aromatic carbocycles. The zero-order valence-electron chi connectivity index (χ0n) is 5.92. The van der Waals surface area contributed by atoms with Gasteiger partial charge < -0.3 is 15.5 Å². The summed E-state index contributed by atoms with van der Waals surface area (Å²) in [4.78, 5) is 3.90. The van der Waals surface area contributed by atoms with Gasteiger partial charge in [-0.25, -0.2) is 0 Å². The Morgan fingerprint density at radius 2 is 2.60 bits per heavy atom. The van der Waals surface area contributed by atoms with E-state index in [0.29, 0.717) is 0 Å². The van der Waals surface area contributed by atoms with Gasteiger partial charge in [-0.3, -0.25) is 0 Å². The number of anilines is 1. The number of nitrogens with one attached hydrogen (secondary N) is 1. The lowest BCUT2D eigenvalue weighted by Gasteiger charge is -1.93. The summed E-state index contributed by atoms with van der Waals surface area (Å²) < 4.78 is 4.79. The average molecular weight is 141 g/mol. The van der Waals surface area contributed by atoms with Gasteiger partial charge in [-0.15, -0.1) is 0 Å². The summed E-state index contributed by atoms with van der Waals surface area (Å²) in [5.41, 5.74) is 6.09. The van der Waals surface area contributed by atoms with E-state index in [-0.39, 0.29) is 6.01 Å². The van der Waals surface area contributed by atoms with E-state index in [9.17, 15) is 0 Å². The maximum atomic E-state index is 5.24. The van der Waals surface area contributed by atoms with Gasteiger partial charge in [0.1, 0.15) is 6.26 Å². The van der Waals surface area contributed by atoms with Gasteiger partial charge in [0.25, 0.3) is 6.01 Å². The first kappa shape index (κ1) is 7.08. The minimum atomic E-state index is 0.230. The maximum Gasteiger partial charge on any atom is 0.292 e. The molecule has 0 spiro atoms. The molecule has 0 aliphatic carbocycles. The Morgan fingerprint density at radius 3 is 3.10 bits per heavy atom. The number of rotatable bonds is 3. The molecule has 0 saturated carbocycles. The Balaban J connectivity index is 2.42. The quantitative estimate of drug-likeness (QED) is 0.638. The second kappa shape index (κ2) is 3.22. The SMILES string of the molecule is CCNCc1coc(N)n1. The second-order valence-corrected chi connectivity index (χ2v) is 1.96. The third-order valence-corrected chi connectivity index (χ3v) is 1.13. The standard InChI is InChI=1S/C6H11N3O/c1-2-8-3-5-4-10-6(7)9-5/h4,8H,2-3H2,1H3,(H2,7,9). The fraction of sp³-hybridized carbons (Fsp3) is 0.500. The molecule has 1 aromatic rings. The lowest BCUT2D eigenvalue weighted by molar-refractivity contribution is 0.576. The summed E-state index contributed by atoms with van der Waals surface area (Å²) in [6.07, 6.45) is 1.55. The van der Waals surface area contributed by atoms with Crippen LogP contribution in [0.5, 0.6) is 0 Å². The molecular weight excluding hydrogens is 130 g/mol. The number of nitrogen functional groups attached to an aromatic ring is 1. The predicted molar refractivity (Wildman–Crippen MR) is 38.3 cm³/mol. The maximum absolute atomic E-state index is 5.24. The number of aromatic nitrogens is 1. The summed E-state index contributed by atoms with van der Waals surface area (Å²) in [5.74, 6) is 0. The van der Waals surface area contributed by atoms with Gasteiger partial charge in [0.2, 0.25) is 0 Å². The first-order chi connectivity index (χ1) is 4.83. The second-order valence-electron chi connectivity index (χ2n) is 1.96. The van der Waals surface area contributed by atoms with Gasteiger partial charge in [0.05, 0.1) is 5.69 Å². The molecule has 0 aliphatic rings. The van der Waals surface area contributed by atoms with Crippen molar-refractivity contribution in [3.63, 3.8) is 0 Å². The molecule has 10 heavy (non-hydrogen) atoms. The van der Waals surface area contributed by atoms with Crippen LogP contribution in [0.2, 0.25) is 0 Å². The van der Waals surface area contributed by atoms with Crippen LogP contribution in [0.25, 0.3) is 0 Å². The lowest BCUT2D eigenvalue weighted by Crippen LogP contribution is -2.11. The monoisotopic (exact) mass is 141 g/mol. The van der Waals surface area contributed by atoms with Crippen LogP contribution in [0.15, 0.2) is 10.7 Å². The van der Waals surface area contributed by atoms with Crippen molar-refractivity contribution in [1.82, 2.24) is 10.3 Å². The Labute approximate surface area is 59.4 Å². The van der Waals surface area contributed by atoms with Crippen molar-refractivity contribution in [2.24, 2.45) is 0 Å². The van der Waals surface area contributed by atoms with E-state index >= 15 is 0 Å². The number of nitrogens with two attached hydrogens (primary N) is 1. The normalized spacial score (nSPS) is 10.1. The zero-order chi connectivity index (χ0) is 7.40. The van der Waals surface area contributed by atoms with Gasteiger partial charge in [-0.1, -0.05) is 6.92 Å². The van der Waals surface area contributed by atoms with Gasteiger partial charge in [0, 0.05) is 6.54 Å². The highest BCUT2D eigenvalue weighted by molar-refractivity contribution is 5.12. The third-order valence-electron chi connectivity index (χ3n) is 1.13. The summed E-state index contributed by atoms with van der Waals surface area (Å²) in [6.45, 7) is 3.67. The Morgan fingerprint density at radius 1 is 1.80 bits per heavy atom. The van der Waals surface area contributed by atoms with Crippen LogP contribution in [0.1, 0.15) is 12.6 Å². The largest absolute Gasteiger partial charge is 0.432 e. The van der Waals surface area contributed by atoms with E-state index in [1.165, 1.54) is 0 Å². The number of nitrogens with zero attached hydrogens (tertiary/aromatic N) is 1. The van der Waals surface area contributed by atoms with E-state index in [4.69, 9.17) is 10.2 Å². The molecule has 3 N–H and O–H groups in total. The van der Waals surface area contributed by atoms with Crippen molar-refractivity contribution in [2.75, 3.05) is 12.3 Å². The molecule has 0 amide bonds. The molecule has 0 fully saturated rings. The van der Waals surface area contributed by atoms with Crippen LogP contribution in [-0.4, -0.2) is 11.5 Å². The molecule has 0 saturated heterocycles. The van der Waals surface area contributed by atoms with Gasteiger partial charge in [-0.2, -0.15) is 4.98 Å². The van der Waals surface area contributed by atoms with E-state index in [2.05, 4.69) is 10.3 Å². The molecule has 1 aromatic heterocycles. The van der Waals surface area contributed by atoms with Gasteiger partial charge in [-0.05, 0) is 6.54 Å². The molecule has 0 radical (unpaired) electrons. The molecule has 1 heterocycles. The number of hydrogen-bond acceptors (Lipinski definition) is 4. The zero-order valence-corrected chi connectivity index (χ0v) is 5.92. The highest BCUT2D eigenvalue weighted by Crippen LogP contribution is 2.01. The Bertz CT molecular complexity index is 197. The van der Waals surface area contributed by atoms with Crippen molar-refractivity contribution in [1.29, 1.82) is 0 Å². The van der Waals surface area contributed by atoms with Crippen molar-refractivity contribution in [3.05, 3.63) is 12.0 Å². The smallest absolute Gasteiger partial charge is 0.292 e. The Hall–Kier alpha value is -1.03. The molecule has 0 unspecified atom stereocenters. The summed E-state index contributed by atoms with van der Waals surface area (Å²) >= 11 is 0. The van der Waals surface area contributed by atoms with Crippen molar-refractivity contribution in [3.8, 4) is 0 Å². The van der Waals surface area contributed by atoms with E-state index < -0.39 is 0 Å². The lowest BCUT2D eigenvalue weighted by atomic mass is 10.5. The van der Waals surface area contributed by atoms with Crippen LogP contribution in [0.3, 0.4) is 0 Å². The molecule has 4 nitrogen and oxygen atoms in total. The van der Waals surface area contributed by atoms with Crippen LogP contribution in [-0.2, 0) is 6.54 Å². The highest BCUT2D eigenvalue weighted by Gasteiger charge is 1.96. The topological polar surface area (TPSA) is 64.1 Å². The van der Waals surface area contributed by atoms with Crippen LogP contribution >= 0.6 is 0 Å². The molecule has 1 rings (SSSR count). The van der Waals surface area contributed by atoms with Crippen molar-refractivity contribution < 1.29 is 4.42 Å². The summed E-state index contributed by atoms with van der Waals surface area (Å²) in [7, 11) is 0. The van der Waals surface area contributed by atoms with Crippen LogP contribution in [0.4, 0.5) is 6.01 Å². The van der Waals surface area contributed by atoms with Crippen molar-refractivity contribution in [2.45, 2.75) is 13.5 Å². The van der Waals surface area contributed by atoms with Gasteiger partial charge in [0.15, 0.2) is 0 Å². The Kier molecular flexibility index (Phi) is 2.28. The van der Waals surface area contributed by atoms with Crippen molar-refractivity contribution >= 4 is 6.01 Å². The van der Waals surface area contributed by atoms with Gasteiger partial charge >= 0.3 is 0 Å². The first-order valence-electron chi connectivity index (χ1n) is 3.23. The highest BCUT2D eigenvalue weighted by atomic mass is 16.4. The van der Waals surface area contributed by atoms with E-state index in [1.54, 1.807) is 6.26 Å². The molecule has 0 aliphatic heterocycles. The minimum absolute atomic E-state index is 0.230. The molecule has 4 heteroatoms.